The van der Waals surface area contributed by atoms with E-state index in [2.05, 4.69) is 4.98 Å². The predicted octanol–water partition coefficient (Wildman–Crippen LogP) is 5.90. The zero-order valence-corrected chi connectivity index (χ0v) is 15.8. The number of benzene rings is 2. The summed E-state index contributed by atoms with van der Waals surface area (Å²) >= 11 is 13.5. The summed E-state index contributed by atoms with van der Waals surface area (Å²) < 4.78 is 10.7. The van der Waals surface area contributed by atoms with Crippen molar-refractivity contribution in [2.75, 3.05) is 7.11 Å². The third-order valence-corrected chi connectivity index (χ3v) is 5.31. The van der Waals surface area contributed by atoms with Gasteiger partial charge in [0.2, 0.25) is 0 Å². The summed E-state index contributed by atoms with van der Waals surface area (Å²) in [4.78, 5) is 17.0. The lowest BCUT2D eigenvalue weighted by molar-refractivity contribution is 0.407. The number of methoxy groups -OCH3 is 1. The zero-order valence-electron chi connectivity index (χ0n) is 13.5. The Morgan fingerprint density at radius 1 is 1.12 bits per heavy atom. The Balaban J connectivity index is 1.83. The first-order valence-corrected chi connectivity index (χ1v) is 9.22. The van der Waals surface area contributed by atoms with Crippen LogP contribution in [0.5, 0.6) is 5.75 Å². The Labute approximate surface area is 162 Å². The van der Waals surface area contributed by atoms with Crippen molar-refractivity contribution < 1.29 is 9.15 Å². The molecule has 4 aromatic rings. The average molecular weight is 404 g/mol. The molecule has 0 N–H and O–H groups in total. The Hall–Kier alpha value is -2.34. The van der Waals surface area contributed by atoms with E-state index in [1.165, 1.54) is 18.4 Å². The minimum Gasteiger partial charge on any atom is -0.493 e. The Bertz CT molecular complexity index is 1180. The predicted molar refractivity (Wildman–Crippen MR) is 106 cm³/mol. The number of hydrogen-bond donors (Lipinski definition) is 0. The smallest absolute Gasteiger partial charge is 0.346 e. The van der Waals surface area contributed by atoms with E-state index in [0.29, 0.717) is 37.6 Å². The first-order valence-electron chi connectivity index (χ1n) is 7.59. The second kappa shape index (κ2) is 6.76. The maximum Gasteiger partial charge on any atom is 0.346 e. The maximum absolute atomic E-state index is 12.5. The van der Waals surface area contributed by atoms with Crippen molar-refractivity contribution in [1.29, 1.82) is 0 Å². The minimum absolute atomic E-state index is 0.395. The number of para-hydroxylation sites is 1. The monoisotopic (exact) mass is 403 g/mol. The van der Waals surface area contributed by atoms with Crippen LogP contribution >= 0.6 is 34.5 Å². The van der Waals surface area contributed by atoms with Gasteiger partial charge in [0.15, 0.2) is 11.3 Å². The fourth-order valence-corrected chi connectivity index (χ4v) is 3.97. The number of rotatable bonds is 3. The number of nitrogens with zero attached hydrogens (tertiary/aromatic N) is 1. The highest BCUT2D eigenvalue weighted by atomic mass is 35.5. The van der Waals surface area contributed by atoms with E-state index in [-0.39, 0.29) is 0 Å². The fraction of sp³-hybridized carbons (Fsp3) is 0.0526. The molecule has 0 radical (unpaired) electrons. The zero-order chi connectivity index (χ0) is 18.3. The van der Waals surface area contributed by atoms with Gasteiger partial charge in [0.25, 0.3) is 0 Å². The number of fused-ring (bicyclic) bond motifs is 1. The van der Waals surface area contributed by atoms with Crippen LogP contribution in [0.4, 0.5) is 0 Å². The molecule has 0 saturated carbocycles. The van der Waals surface area contributed by atoms with Gasteiger partial charge >= 0.3 is 5.63 Å². The van der Waals surface area contributed by atoms with E-state index >= 15 is 0 Å². The van der Waals surface area contributed by atoms with Crippen molar-refractivity contribution in [3.05, 3.63) is 68.3 Å². The quantitative estimate of drug-likeness (QED) is 0.399. The van der Waals surface area contributed by atoms with Gasteiger partial charge in [-0.2, -0.15) is 0 Å². The second-order valence-corrected chi connectivity index (χ2v) is 7.19. The van der Waals surface area contributed by atoms with Crippen LogP contribution in [0.1, 0.15) is 0 Å². The van der Waals surface area contributed by atoms with Crippen LogP contribution < -0.4 is 10.4 Å². The Morgan fingerprint density at radius 3 is 2.73 bits per heavy atom. The van der Waals surface area contributed by atoms with Gasteiger partial charge < -0.3 is 9.15 Å². The van der Waals surface area contributed by atoms with Gasteiger partial charge in [0.1, 0.15) is 5.01 Å². The van der Waals surface area contributed by atoms with E-state index in [0.717, 1.165) is 10.9 Å². The molecule has 0 amide bonds. The lowest BCUT2D eigenvalue weighted by Crippen LogP contribution is -2.03. The lowest BCUT2D eigenvalue weighted by Gasteiger charge is -2.04. The fourth-order valence-electron chi connectivity index (χ4n) is 2.65. The van der Waals surface area contributed by atoms with Crippen molar-refractivity contribution in [2.45, 2.75) is 0 Å². The molecule has 0 fully saturated rings. The summed E-state index contributed by atoms with van der Waals surface area (Å²) in [6.07, 6.45) is 0. The van der Waals surface area contributed by atoms with Gasteiger partial charge in [-0.1, -0.05) is 35.3 Å². The molecule has 2 aromatic heterocycles. The molecule has 4 nitrogen and oxygen atoms in total. The molecule has 0 aliphatic rings. The average Bonchev–Trinajstić information content (AvgIpc) is 3.10. The number of thiazole rings is 1. The van der Waals surface area contributed by atoms with E-state index in [9.17, 15) is 4.79 Å². The minimum atomic E-state index is -0.467. The van der Waals surface area contributed by atoms with Crippen molar-refractivity contribution in [1.82, 2.24) is 4.98 Å². The standard InChI is InChI=1S/C19H11Cl2NO3S/c1-24-16-4-2-3-10-7-13(19(23)25-17(10)16)18-22-15(9-26-18)12-6-5-11(20)8-14(12)21/h2-9H,1H3. The van der Waals surface area contributed by atoms with Crippen LogP contribution in [-0.2, 0) is 0 Å². The molecule has 0 aliphatic heterocycles. The summed E-state index contributed by atoms with van der Waals surface area (Å²) in [7, 11) is 1.53. The maximum atomic E-state index is 12.5. The molecule has 0 bridgehead atoms. The Kier molecular flexibility index (Phi) is 4.44. The molecule has 0 spiro atoms. The number of halogens is 2. The molecule has 4 rings (SSSR count). The largest absolute Gasteiger partial charge is 0.493 e. The highest BCUT2D eigenvalue weighted by Gasteiger charge is 2.15. The first-order chi connectivity index (χ1) is 12.6. The normalized spacial score (nSPS) is 11.0. The molecule has 26 heavy (non-hydrogen) atoms. The highest BCUT2D eigenvalue weighted by molar-refractivity contribution is 7.13. The van der Waals surface area contributed by atoms with Crippen LogP contribution in [0.25, 0.3) is 32.8 Å². The molecule has 0 unspecified atom stereocenters. The van der Waals surface area contributed by atoms with E-state index in [4.69, 9.17) is 32.4 Å². The van der Waals surface area contributed by atoms with Gasteiger partial charge in [-0.15, -0.1) is 11.3 Å². The molecule has 2 heterocycles. The van der Waals surface area contributed by atoms with Gasteiger partial charge in [-0.25, -0.2) is 9.78 Å². The van der Waals surface area contributed by atoms with Gasteiger partial charge in [-0.05, 0) is 30.3 Å². The Morgan fingerprint density at radius 2 is 1.96 bits per heavy atom. The summed E-state index contributed by atoms with van der Waals surface area (Å²) in [6, 6.07) is 12.4. The molecular formula is C19H11Cl2NO3S. The summed E-state index contributed by atoms with van der Waals surface area (Å²) in [5.74, 6) is 0.513. The van der Waals surface area contributed by atoms with E-state index < -0.39 is 5.63 Å². The van der Waals surface area contributed by atoms with E-state index in [1.54, 1.807) is 30.3 Å². The molecule has 2 aromatic carbocycles. The van der Waals surface area contributed by atoms with E-state index in [1.807, 2.05) is 17.5 Å². The van der Waals surface area contributed by atoms with Gasteiger partial charge in [0.05, 0.1) is 23.4 Å². The summed E-state index contributed by atoms with van der Waals surface area (Å²) in [5.41, 5.74) is 1.78. The van der Waals surface area contributed by atoms with Crippen molar-refractivity contribution in [2.24, 2.45) is 0 Å². The van der Waals surface area contributed by atoms with Gasteiger partial charge in [0, 0.05) is 21.4 Å². The van der Waals surface area contributed by atoms with Crippen LogP contribution in [0, 0.1) is 0 Å². The van der Waals surface area contributed by atoms with Gasteiger partial charge in [-0.3, -0.25) is 0 Å². The topological polar surface area (TPSA) is 52.3 Å². The SMILES string of the molecule is COc1cccc2cc(-c3nc(-c4ccc(Cl)cc4Cl)cs3)c(=O)oc12. The number of ether oxygens (including phenoxy) is 1. The third kappa shape index (κ3) is 2.98. The van der Waals surface area contributed by atoms with Crippen LogP contribution in [0.3, 0.4) is 0 Å². The highest BCUT2D eigenvalue weighted by Crippen LogP contribution is 2.34. The van der Waals surface area contributed by atoms with Crippen molar-refractivity contribution in [3.8, 4) is 27.6 Å². The molecular weight excluding hydrogens is 393 g/mol. The van der Waals surface area contributed by atoms with Crippen molar-refractivity contribution >= 4 is 45.5 Å². The number of aromatic nitrogens is 1. The molecule has 0 saturated heterocycles. The lowest BCUT2D eigenvalue weighted by atomic mass is 10.1. The van der Waals surface area contributed by atoms with Crippen LogP contribution in [0.15, 0.2) is 57.1 Å². The summed E-state index contributed by atoms with van der Waals surface area (Å²) in [6.45, 7) is 0. The second-order valence-electron chi connectivity index (χ2n) is 5.49. The first kappa shape index (κ1) is 17.1. The summed E-state index contributed by atoms with van der Waals surface area (Å²) in [5, 5.41) is 4.23. The molecule has 0 atom stereocenters. The number of hydrogen-bond acceptors (Lipinski definition) is 5. The van der Waals surface area contributed by atoms with Crippen LogP contribution in [0.2, 0.25) is 10.0 Å². The molecule has 130 valence electrons. The molecule has 0 aliphatic carbocycles. The third-order valence-electron chi connectivity index (χ3n) is 3.89. The van der Waals surface area contributed by atoms with Crippen molar-refractivity contribution in [3.63, 3.8) is 0 Å². The molecule has 7 heteroatoms. The van der Waals surface area contributed by atoms with Crippen LogP contribution in [-0.4, -0.2) is 12.1 Å².